The van der Waals surface area contributed by atoms with Gasteiger partial charge in [-0.15, -0.1) is 0 Å². The Bertz CT molecular complexity index is 379. The minimum Gasteiger partial charge on any atom is -0.372 e. The van der Waals surface area contributed by atoms with Crippen molar-refractivity contribution in [3.63, 3.8) is 0 Å². The van der Waals surface area contributed by atoms with E-state index < -0.39 is 5.69 Å². The third kappa shape index (κ3) is 1.88. The topological polar surface area (TPSA) is 72.0 Å². The van der Waals surface area contributed by atoms with E-state index in [0.29, 0.717) is 19.4 Å². The lowest BCUT2D eigenvalue weighted by molar-refractivity contribution is -0.128. The van der Waals surface area contributed by atoms with Crippen molar-refractivity contribution in [2.75, 3.05) is 6.61 Å². The van der Waals surface area contributed by atoms with Gasteiger partial charge in [-0.2, -0.15) is 0 Å². The molecule has 1 saturated heterocycles. The van der Waals surface area contributed by atoms with E-state index >= 15 is 0 Å². The Morgan fingerprint density at radius 1 is 1.50 bits per heavy atom. The van der Waals surface area contributed by atoms with Crippen molar-refractivity contribution in [2.24, 2.45) is 0 Å². The van der Waals surface area contributed by atoms with E-state index in [4.69, 9.17) is 4.74 Å². The molecular formula is C9H10N2O3. The highest BCUT2D eigenvalue weighted by Crippen LogP contribution is 2.24. The normalized spacial score (nSPS) is 22.3. The molecule has 0 spiro atoms. The van der Waals surface area contributed by atoms with E-state index in [1.807, 2.05) is 0 Å². The molecule has 1 fully saturated rings. The van der Waals surface area contributed by atoms with E-state index in [2.05, 4.69) is 9.97 Å². The van der Waals surface area contributed by atoms with Crippen molar-refractivity contribution in [2.45, 2.75) is 18.9 Å². The standard InChI is InChI=1S/C9H10N2O3/c12-7-1-2-14-8(3-7)6-4-10-9(13)11-5-6/h4-5,8H,1-3H2,(H,10,11,13). The number of carbonyl (C=O) groups is 1. The van der Waals surface area contributed by atoms with Gasteiger partial charge in [-0.3, -0.25) is 4.79 Å². The van der Waals surface area contributed by atoms with Crippen molar-refractivity contribution in [1.29, 1.82) is 0 Å². The summed E-state index contributed by atoms with van der Waals surface area (Å²) in [5.41, 5.74) is 0.355. The van der Waals surface area contributed by atoms with Gasteiger partial charge in [0.2, 0.25) is 0 Å². The van der Waals surface area contributed by atoms with Crippen LogP contribution in [-0.4, -0.2) is 22.4 Å². The van der Waals surface area contributed by atoms with Crippen molar-refractivity contribution in [3.05, 3.63) is 28.4 Å². The van der Waals surface area contributed by atoms with Crippen LogP contribution in [0, 0.1) is 0 Å². The van der Waals surface area contributed by atoms with Crippen LogP contribution in [0.25, 0.3) is 0 Å². The average Bonchev–Trinajstić information content (AvgIpc) is 2.19. The van der Waals surface area contributed by atoms with Gasteiger partial charge in [-0.1, -0.05) is 0 Å². The lowest BCUT2D eigenvalue weighted by Crippen LogP contribution is -2.21. The van der Waals surface area contributed by atoms with Gasteiger partial charge in [0.05, 0.1) is 12.7 Å². The van der Waals surface area contributed by atoms with Crippen LogP contribution in [-0.2, 0) is 9.53 Å². The fourth-order valence-electron chi connectivity index (χ4n) is 1.43. The molecule has 0 aliphatic carbocycles. The predicted molar refractivity (Wildman–Crippen MR) is 47.8 cm³/mol. The second kappa shape index (κ2) is 3.71. The van der Waals surface area contributed by atoms with Gasteiger partial charge < -0.3 is 9.72 Å². The molecule has 1 aromatic rings. The quantitative estimate of drug-likeness (QED) is 0.692. The Hall–Kier alpha value is -1.49. The highest BCUT2D eigenvalue weighted by atomic mass is 16.5. The van der Waals surface area contributed by atoms with Crippen molar-refractivity contribution >= 4 is 5.78 Å². The summed E-state index contributed by atoms with van der Waals surface area (Å²) in [5, 5.41) is 0. The molecule has 14 heavy (non-hydrogen) atoms. The Morgan fingerprint density at radius 3 is 3.00 bits per heavy atom. The van der Waals surface area contributed by atoms with Gasteiger partial charge in [0, 0.05) is 30.8 Å². The molecule has 0 radical (unpaired) electrons. The lowest BCUT2D eigenvalue weighted by atomic mass is 10.0. The molecule has 0 saturated carbocycles. The first-order valence-corrected chi connectivity index (χ1v) is 4.43. The Balaban J connectivity index is 2.18. The van der Waals surface area contributed by atoms with E-state index in [9.17, 15) is 9.59 Å². The monoisotopic (exact) mass is 194 g/mol. The fraction of sp³-hybridized carbons (Fsp3) is 0.444. The first-order chi connectivity index (χ1) is 6.75. The van der Waals surface area contributed by atoms with Crippen LogP contribution >= 0.6 is 0 Å². The number of aromatic amines is 1. The zero-order chi connectivity index (χ0) is 9.97. The molecular weight excluding hydrogens is 184 g/mol. The number of nitrogens with one attached hydrogen (secondary N) is 1. The summed E-state index contributed by atoms with van der Waals surface area (Å²) in [6, 6.07) is 0. The summed E-state index contributed by atoms with van der Waals surface area (Å²) in [4.78, 5) is 27.9. The van der Waals surface area contributed by atoms with Crippen molar-refractivity contribution < 1.29 is 9.53 Å². The molecule has 1 aliphatic rings. The molecule has 2 heterocycles. The number of ether oxygens (including phenoxy) is 1. The third-order valence-electron chi connectivity index (χ3n) is 2.18. The molecule has 74 valence electrons. The lowest BCUT2D eigenvalue weighted by Gasteiger charge is -2.21. The Kier molecular flexibility index (Phi) is 2.41. The second-order valence-electron chi connectivity index (χ2n) is 3.20. The summed E-state index contributed by atoms with van der Waals surface area (Å²) in [6.45, 7) is 0.447. The molecule has 1 aromatic heterocycles. The van der Waals surface area contributed by atoms with Gasteiger partial charge in [-0.25, -0.2) is 9.78 Å². The van der Waals surface area contributed by atoms with Crippen molar-refractivity contribution in [3.8, 4) is 0 Å². The molecule has 1 atom stereocenters. The first-order valence-electron chi connectivity index (χ1n) is 4.43. The second-order valence-corrected chi connectivity index (χ2v) is 3.20. The van der Waals surface area contributed by atoms with Crippen LogP contribution in [0.2, 0.25) is 0 Å². The molecule has 5 heteroatoms. The van der Waals surface area contributed by atoms with Crippen LogP contribution in [0.5, 0.6) is 0 Å². The summed E-state index contributed by atoms with van der Waals surface area (Å²) < 4.78 is 5.39. The molecule has 1 N–H and O–H groups in total. The average molecular weight is 194 g/mol. The molecule has 5 nitrogen and oxygen atoms in total. The summed E-state index contributed by atoms with van der Waals surface area (Å²) in [5.74, 6) is 0.187. The molecule has 0 bridgehead atoms. The number of ketones is 1. The van der Waals surface area contributed by atoms with Gasteiger partial charge >= 0.3 is 5.69 Å². The smallest absolute Gasteiger partial charge is 0.344 e. The number of rotatable bonds is 1. The Labute approximate surface area is 80.1 Å². The molecule has 0 aromatic carbocycles. The van der Waals surface area contributed by atoms with Crippen LogP contribution in [0.3, 0.4) is 0 Å². The predicted octanol–water partition coefficient (Wildman–Crippen LogP) is 0.190. The number of carbonyl (C=O) groups excluding carboxylic acids is 1. The fourth-order valence-corrected chi connectivity index (χ4v) is 1.43. The molecule has 1 aliphatic heterocycles. The van der Waals surface area contributed by atoms with Crippen LogP contribution in [0.15, 0.2) is 17.2 Å². The number of nitrogens with zero attached hydrogens (tertiary/aromatic N) is 1. The molecule has 2 rings (SSSR count). The number of aromatic nitrogens is 2. The number of H-pyrrole nitrogens is 1. The largest absolute Gasteiger partial charge is 0.372 e. The Morgan fingerprint density at radius 2 is 2.36 bits per heavy atom. The summed E-state index contributed by atoms with van der Waals surface area (Å²) >= 11 is 0. The van der Waals surface area contributed by atoms with Crippen LogP contribution < -0.4 is 5.69 Å². The SMILES string of the molecule is O=C1CCOC(c2cnc(=O)[nH]c2)C1. The molecule has 0 amide bonds. The summed E-state index contributed by atoms with van der Waals surface area (Å²) in [7, 11) is 0. The number of Topliss-reactive ketones (excluding diaryl/α,β-unsaturated/α-hetero) is 1. The number of hydrogen-bond donors (Lipinski definition) is 1. The van der Waals surface area contributed by atoms with Crippen LogP contribution in [0.1, 0.15) is 24.5 Å². The maximum Gasteiger partial charge on any atom is 0.344 e. The van der Waals surface area contributed by atoms with E-state index in [1.165, 1.54) is 6.20 Å². The van der Waals surface area contributed by atoms with E-state index in [1.54, 1.807) is 6.20 Å². The highest BCUT2D eigenvalue weighted by Gasteiger charge is 2.21. The van der Waals surface area contributed by atoms with Gasteiger partial charge in [-0.05, 0) is 0 Å². The first kappa shape index (κ1) is 9.08. The maximum atomic E-state index is 11.1. The minimum absolute atomic E-state index is 0.187. The van der Waals surface area contributed by atoms with Gasteiger partial charge in [0.25, 0.3) is 0 Å². The minimum atomic E-state index is -0.393. The van der Waals surface area contributed by atoms with Gasteiger partial charge in [0.1, 0.15) is 5.78 Å². The zero-order valence-corrected chi connectivity index (χ0v) is 7.53. The van der Waals surface area contributed by atoms with E-state index in [-0.39, 0.29) is 11.9 Å². The maximum absolute atomic E-state index is 11.1. The molecule has 1 unspecified atom stereocenters. The van der Waals surface area contributed by atoms with Gasteiger partial charge in [0.15, 0.2) is 0 Å². The zero-order valence-electron chi connectivity index (χ0n) is 7.53. The summed E-state index contributed by atoms with van der Waals surface area (Å²) in [6.07, 6.45) is 3.59. The van der Waals surface area contributed by atoms with E-state index in [0.717, 1.165) is 5.56 Å². The highest BCUT2D eigenvalue weighted by molar-refractivity contribution is 5.79. The van der Waals surface area contributed by atoms with Crippen molar-refractivity contribution in [1.82, 2.24) is 9.97 Å². The van der Waals surface area contributed by atoms with Crippen LogP contribution in [0.4, 0.5) is 0 Å². The number of hydrogen-bond acceptors (Lipinski definition) is 4. The third-order valence-corrected chi connectivity index (χ3v) is 2.18.